The van der Waals surface area contributed by atoms with E-state index in [0.717, 1.165) is 12.8 Å². The lowest BCUT2D eigenvalue weighted by Crippen LogP contribution is -2.39. The normalized spacial score (nSPS) is 11.4. The van der Waals surface area contributed by atoms with Crippen LogP contribution in [0.2, 0.25) is 10.3 Å². The van der Waals surface area contributed by atoms with E-state index in [4.69, 9.17) is 23.2 Å². The summed E-state index contributed by atoms with van der Waals surface area (Å²) in [5, 5.41) is 3.39. The molecule has 1 heterocycles. The third kappa shape index (κ3) is 4.55. The Balaban J connectivity index is 2.74. The number of carbonyl (C=O) groups excluding carboxylic acids is 1. The number of aromatic nitrogens is 1. The second-order valence-electron chi connectivity index (χ2n) is 4.28. The minimum Gasteiger partial charge on any atom is -0.351 e. The Morgan fingerprint density at radius 3 is 2.26 bits per heavy atom. The molecule has 0 spiro atoms. The molecule has 0 bridgehead atoms. The van der Waals surface area contributed by atoms with E-state index in [1.165, 1.54) is 12.1 Å². The van der Waals surface area contributed by atoms with Gasteiger partial charge in [-0.2, -0.15) is 11.8 Å². The summed E-state index contributed by atoms with van der Waals surface area (Å²) in [6, 6.07) is 3.03. The number of nitrogens with one attached hydrogen (secondary N) is 1. The Morgan fingerprint density at radius 1 is 1.32 bits per heavy atom. The van der Waals surface area contributed by atoms with Crippen molar-refractivity contribution in [2.24, 2.45) is 0 Å². The maximum Gasteiger partial charge on any atom is 0.251 e. The molecule has 0 fully saturated rings. The first-order valence-corrected chi connectivity index (χ1v) is 8.11. The van der Waals surface area contributed by atoms with Crippen LogP contribution in [-0.2, 0) is 0 Å². The highest BCUT2D eigenvalue weighted by Gasteiger charge is 2.25. The summed E-state index contributed by atoms with van der Waals surface area (Å²) in [6.07, 6.45) is 4.07. The highest BCUT2D eigenvalue weighted by atomic mass is 35.5. The summed E-state index contributed by atoms with van der Waals surface area (Å²) in [6.45, 7) is 4.89. The van der Waals surface area contributed by atoms with Crippen LogP contribution in [0.15, 0.2) is 12.1 Å². The van der Waals surface area contributed by atoms with Gasteiger partial charge >= 0.3 is 0 Å². The van der Waals surface area contributed by atoms with Gasteiger partial charge in [-0.15, -0.1) is 0 Å². The fourth-order valence-electron chi connectivity index (χ4n) is 1.80. The Hall–Kier alpha value is -0.450. The molecule has 1 aromatic rings. The maximum atomic E-state index is 12.1. The van der Waals surface area contributed by atoms with Gasteiger partial charge in [0.15, 0.2) is 0 Å². The first-order valence-electron chi connectivity index (χ1n) is 6.12. The van der Waals surface area contributed by atoms with Crippen molar-refractivity contribution < 1.29 is 4.79 Å². The first kappa shape index (κ1) is 16.6. The van der Waals surface area contributed by atoms with Crippen molar-refractivity contribution in [1.29, 1.82) is 0 Å². The monoisotopic (exact) mass is 320 g/mol. The molecule has 0 atom stereocenters. The zero-order chi connectivity index (χ0) is 14.5. The molecule has 0 aliphatic rings. The van der Waals surface area contributed by atoms with Gasteiger partial charge in [0, 0.05) is 16.9 Å². The maximum absolute atomic E-state index is 12.1. The van der Waals surface area contributed by atoms with Gasteiger partial charge in [-0.1, -0.05) is 37.0 Å². The van der Waals surface area contributed by atoms with E-state index in [1.54, 1.807) is 11.8 Å². The number of thioether (sulfide) groups is 1. The minimum absolute atomic E-state index is 0.0796. The van der Waals surface area contributed by atoms with E-state index in [1.807, 2.05) is 0 Å². The lowest BCUT2D eigenvalue weighted by atomic mass is 10.0. The van der Waals surface area contributed by atoms with Crippen molar-refractivity contribution in [1.82, 2.24) is 10.3 Å². The van der Waals surface area contributed by atoms with Gasteiger partial charge in [0.25, 0.3) is 5.91 Å². The van der Waals surface area contributed by atoms with Crippen LogP contribution in [0.4, 0.5) is 0 Å². The molecule has 0 saturated heterocycles. The minimum atomic E-state index is -0.175. The summed E-state index contributed by atoms with van der Waals surface area (Å²) in [5.41, 5.74) is 0.437. The summed E-state index contributed by atoms with van der Waals surface area (Å²) in [4.78, 5) is 15.9. The third-order valence-corrected chi connectivity index (χ3v) is 5.29. The van der Waals surface area contributed by atoms with Crippen molar-refractivity contribution in [2.45, 2.75) is 31.4 Å². The van der Waals surface area contributed by atoms with Crippen molar-refractivity contribution in [3.63, 3.8) is 0 Å². The van der Waals surface area contributed by atoms with Crippen LogP contribution in [-0.4, -0.2) is 28.4 Å². The Kier molecular flexibility index (Phi) is 6.43. The number of carbonyl (C=O) groups is 1. The van der Waals surface area contributed by atoms with E-state index in [0.29, 0.717) is 12.1 Å². The Labute approximate surface area is 128 Å². The molecule has 0 radical (unpaired) electrons. The summed E-state index contributed by atoms with van der Waals surface area (Å²) in [5.74, 6) is -0.175. The molecule has 0 unspecified atom stereocenters. The number of nitrogens with zero attached hydrogens (tertiary/aromatic N) is 1. The van der Waals surface area contributed by atoms with Crippen LogP contribution in [0.1, 0.15) is 37.0 Å². The Morgan fingerprint density at radius 2 is 1.84 bits per heavy atom. The summed E-state index contributed by atoms with van der Waals surface area (Å²) in [7, 11) is 0. The van der Waals surface area contributed by atoms with Crippen molar-refractivity contribution in [3.8, 4) is 0 Å². The van der Waals surface area contributed by atoms with E-state index < -0.39 is 0 Å². The molecule has 0 saturated carbocycles. The van der Waals surface area contributed by atoms with Crippen LogP contribution in [0.3, 0.4) is 0 Å². The number of hydrogen-bond acceptors (Lipinski definition) is 3. The van der Waals surface area contributed by atoms with Crippen LogP contribution < -0.4 is 5.32 Å². The second-order valence-corrected chi connectivity index (χ2v) is 6.33. The topological polar surface area (TPSA) is 42.0 Å². The van der Waals surface area contributed by atoms with Gasteiger partial charge in [-0.3, -0.25) is 4.79 Å². The lowest BCUT2D eigenvalue weighted by Gasteiger charge is -2.29. The summed E-state index contributed by atoms with van der Waals surface area (Å²) >= 11 is 13.4. The molecule has 1 rings (SSSR count). The molecule has 0 aliphatic carbocycles. The standard InChI is InChI=1S/C13H18Cl2N2OS/c1-4-13(5-2,19-3)8-16-12(18)9-6-10(14)17-11(15)7-9/h6-7H,4-5,8H2,1-3H3,(H,16,18). The highest BCUT2D eigenvalue weighted by molar-refractivity contribution is 8.00. The van der Waals surface area contributed by atoms with E-state index >= 15 is 0 Å². The predicted octanol–water partition coefficient (Wildman–Crippen LogP) is 4.04. The van der Waals surface area contributed by atoms with Gasteiger partial charge < -0.3 is 5.32 Å². The molecular weight excluding hydrogens is 303 g/mol. The molecule has 0 aliphatic heterocycles. The quantitative estimate of drug-likeness (QED) is 0.804. The van der Waals surface area contributed by atoms with Gasteiger partial charge in [0.05, 0.1) is 0 Å². The molecule has 3 nitrogen and oxygen atoms in total. The van der Waals surface area contributed by atoms with Crippen molar-refractivity contribution in [3.05, 3.63) is 28.0 Å². The molecule has 106 valence electrons. The molecular formula is C13H18Cl2N2OS. The molecule has 1 amide bonds. The molecule has 0 aromatic carbocycles. The average molecular weight is 321 g/mol. The molecule has 1 aromatic heterocycles. The zero-order valence-electron chi connectivity index (χ0n) is 11.3. The van der Waals surface area contributed by atoms with Crippen LogP contribution in [0.25, 0.3) is 0 Å². The highest BCUT2D eigenvalue weighted by Crippen LogP contribution is 2.29. The Bertz CT molecular complexity index is 422. The van der Waals surface area contributed by atoms with Crippen LogP contribution >= 0.6 is 35.0 Å². The number of amides is 1. The fourth-order valence-corrected chi connectivity index (χ4v) is 3.05. The third-order valence-electron chi connectivity index (χ3n) is 3.32. The van der Waals surface area contributed by atoms with Gasteiger partial charge in [0.1, 0.15) is 10.3 Å². The number of halogens is 2. The number of rotatable bonds is 6. The van der Waals surface area contributed by atoms with Crippen molar-refractivity contribution in [2.75, 3.05) is 12.8 Å². The first-order chi connectivity index (χ1) is 8.96. The van der Waals surface area contributed by atoms with Gasteiger partial charge in [-0.05, 0) is 31.2 Å². The molecule has 6 heteroatoms. The SMILES string of the molecule is CCC(CC)(CNC(=O)c1cc(Cl)nc(Cl)c1)SC. The molecule has 1 N–H and O–H groups in total. The summed E-state index contributed by atoms with van der Waals surface area (Å²) < 4.78 is 0.0796. The van der Waals surface area contributed by atoms with Crippen molar-refractivity contribution >= 4 is 40.9 Å². The van der Waals surface area contributed by atoms with Crippen LogP contribution in [0, 0.1) is 0 Å². The lowest BCUT2D eigenvalue weighted by molar-refractivity contribution is 0.0949. The smallest absolute Gasteiger partial charge is 0.251 e. The fraction of sp³-hybridized carbons (Fsp3) is 0.538. The zero-order valence-corrected chi connectivity index (χ0v) is 13.6. The van der Waals surface area contributed by atoms with Gasteiger partial charge in [-0.25, -0.2) is 4.98 Å². The average Bonchev–Trinajstić information content (AvgIpc) is 2.39. The predicted molar refractivity (Wildman–Crippen MR) is 83.4 cm³/mol. The van der Waals surface area contributed by atoms with Gasteiger partial charge in [0.2, 0.25) is 0 Å². The van der Waals surface area contributed by atoms with Crippen LogP contribution in [0.5, 0.6) is 0 Å². The molecule has 19 heavy (non-hydrogen) atoms. The number of hydrogen-bond donors (Lipinski definition) is 1. The number of pyridine rings is 1. The largest absolute Gasteiger partial charge is 0.351 e. The van der Waals surface area contributed by atoms with E-state index in [2.05, 4.69) is 30.4 Å². The van der Waals surface area contributed by atoms with E-state index in [9.17, 15) is 4.79 Å². The second kappa shape index (κ2) is 7.36. The van der Waals surface area contributed by atoms with E-state index in [-0.39, 0.29) is 21.0 Å².